The van der Waals surface area contributed by atoms with E-state index in [9.17, 15) is 14.4 Å². The van der Waals surface area contributed by atoms with Crippen LogP contribution in [0.1, 0.15) is 284 Å². The Hall–Kier alpha value is -3.41. The molecule has 0 N–H and O–H groups in total. The molecular formula is C64H110O6. The van der Waals surface area contributed by atoms with Crippen molar-refractivity contribution in [2.75, 3.05) is 13.2 Å². The second kappa shape index (κ2) is 58.2. The predicted molar refractivity (Wildman–Crippen MR) is 302 cm³/mol. The number of carbonyl (C=O) groups excluding carboxylic acids is 3. The van der Waals surface area contributed by atoms with Gasteiger partial charge in [0.15, 0.2) is 6.10 Å². The standard InChI is InChI=1S/C64H110O6/c1-4-7-10-13-16-19-22-25-27-29-31-32-34-35-37-39-42-45-48-51-54-57-63(66)69-60-61(59-68-62(65)56-53-50-47-44-41-24-21-18-15-12-9-6-3)70-64(67)58-55-52-49-46-43-40-38-36-33-30-28-26-23-20-17-14-11-8-5-2/h7,10,16-21,25-28,31-32,61H,4-6,8-9,11-15,22-24,29-30,33-60H2,1-3H3/b10-7-,19-16-,20-17-,21-18-,27-25-,28-26-,32-31-. The first-order chi connectivity index (χ1) is 34.5. The number of unbranched alkanes of at least 4 members (excludes halogenated alkanes) is 28. The fourth-order valence-electron chi connectivity index (χ4n) is 8.16. The number of esters is 3. The summed E-state index contributed by atoms with van der Waals surface area (Å²) in [7, 11) is 0. The van der Waals surface area contributed by atoms with Crippen LogP contribution < -0.4 is 0 Å². The van der Waals surface area contributed by atoms with E-state index in [1.807, 2.05) is 0 Å². The molecule has 1 atom stereocenters. The van der Waals surface area contributed by atoms with E-state index in [4.69, 9.17) is 14.2 Å². The third-order valence-electron chi connectivity index (χ3n) is 12.6. The minimum atomic E-state index is -0.786. The summed E-state index contributed by atoms with van der Waals surface area (Å²) in [5.74, 6) is -0.898. The van der Waals surface area contributed by atoms with Crippen LogP contribution in [0.25, 0.3) is 0 Å². The lowest BCUT2D eigenvalue weighted by Gasteiger charge is -2.18. The molecule has 1 unspecified atom stereocenters. The van der Waals surface area contributed by atoms with E-state index in [0.717, 1.165) is 103 Å². The number of rotatable bonds is 53. The molecule has 70 heavy (non-hydrogen) atoms. The Morgan fingerprint density at radius 2 is 0.557 bits per heavy atom. The lowest BCUT2D eigenvalue weighted by molar-refractivity contribution is -0.167. The molecule has 0 aliphatic heterocycles. The molecule has 0 spiro atoms. The molecule has 402 valence electrons. The van der Waals surface area contributed by atoms with E-state index in [2.05, 4.69) is 106 Å². The molecule has 0 amide bonds. The Morgan fingerprint density at radius 1 is 0.300 bits per heavy atom. The molecule has 6 nitrogen and oxygen atoms in total. The molecule has 0 saturated carbocycles. The van der Waals surface area contributed by atoms with E-state index in [1.54, 1.807) is 0 Å². The zero-order chi connectivity index (χ0) is 50.7. The Kier molecular flexibility index (Phi) is 55.3. The van der Waals surface area contributed by atoms with Crippen LogP contribution in [0.2, 0.25) is 0 Å². The first kappa shape index (κ1) is 66.6. The summed E-state index contributed by atoms with van der Waals surface area (Å²) in [5, 5.41) is 0. The summed E-state index contributed by atoms with van der Waals surface area (Å²) in [4.78, 5) is 38.2. The first-order valence-corrected chi connectivity index (χ1v) is 29.6. The molecule has 0 fully saturated rings. The molecule has 0 radical (unpaired) electrons. The SMILES string of the molecule is CC/C=C\C/C=C\C/C=C\C/C=C\CCCCCCCCCCC(=O)OCC(COC(=O)CCCCCCC/C=C\CCCCC)OC(=O)CCCCCCCCCCC/C=C\C/C=C\CCCCC. The molecule has 0 bridgehead atoms. The van der Waals surface area contributed by atoms with Gasteiger partial charge in [0.05, 0.1) is 0 Å². The van der Waals surface area contributed by atoms with Crippen molar-refractivity contribution in [1.82, 2.24) is 0 Å². The van der Waals surface area contributed by atoms with Gasteiger partial charge in [-0.3, -0.25) is 14.4 Å². The number of hydrogen-bond acceptors (Lipinski definition) is 6. The number of ether oxygens (including phenoxy) is 3. The first-order valence-electron chi connectivity index (χ1n) is 29.6. The third kappa shape index (κ3) is 55.5. The molecule has 6 heteroatoms. The summed E-state index contributed by atoms with van der Waals surface area (Å²) in [6, 6.07) is 0. The van der Waals surface area contributed by atoms with Crippen molar-refractivity contribution in [3.63, 3.8) is 0 Å². The van der Waals surface area contributed by atoms with E-state index in [-0.39, 0.29) is 31.1 Å². The van der Waals surface area contributed by atoms with Crippen molar-refractivity contribution in [3.05, 3.63) is 85.1 Å². The summed E-state index contributed by atoms with van der Waals surface area (Å²) in [5.41, 5.74) is 0. The largest absolute Gasteiger partial charge is 0.462 e. The Bertz CT molecular complexity index is 1350. The van der Waals surface area contributed by atoms with Gasteiger partial charge in [-0.05, 0) is 116 Å². The number of allylic oxidation sites excluding steroid dienone is 14. The smallest absolute Gasteiger partial charge is 0.306 e. The normalized spacial score (nSPS) is 12.7. The summed E-state index contributed by atoms with van der Waals surface area (Å²) < 4.78 is 16.9. The Morgan fingerprint density at radius 3 is 0.886 bits per heavy atom. The van der Waals surface area contributed by atoms with Crippen molar-refractivity contribution in [2.24, 2.45) is 0 Å². The molecule has 0 aliphatic rings. The molecule has 0 aromatic heterocycles. The molecule has 0 aliphatic carbocycles. The van der Waals surface area contributed by atoms with E-state index in [0.29, 0.717) is 19.3 Å². The summed E-state index contributed by atoms with van der Waals surface area (Å²) >= 11 is 0. The van der Waals surface area contributed by atoms with Gasteiger partial charge in [0.2, 0.25) is 0 Å². The van der Waals surface area contributed by atoms with Crippen molar-refractivity contribution in [1.29, 1.82) is 0 Å². The highest BCUT2D eigenvalue weighted by Crippen LogP contribution is 2.15. The maximum absolute atomic E-state index is 12.9. The highest BCUT2D eigenvalue weighted by Gasteiger charge is 2.19. The molecule has 0 heterocycles. The van der Waals surface area contributed by atoms with Crippen LogP contribution in [0, 0.1) is 0 Å². The molecule has 0 aromatic rings. The maximum atomic E-state index is 12.9. The topological polar surface area (TPSA) is 78.9 Å². The summed E-state index contributed by atoms with van der Waals surface area (Å²) in [6.45, 7) is 6.48. The van der Waals surface area contributed by atoms with Crippen LogP contribution in [-0.2, 0) is 28.6 Å². The van der Waals surface area contributed by atoms with Gasteiger partial charge in [-0.1, -0.05) is 234 Å². The van der Waals surface area contributed by atoms with Gasteiger partial charge in [0.1, 0.15) is 13.2 Å². The average Bonchev–Trinajstić information content (AvgIpc) is 3.36. The predicted octanol–water partition coefficient (Wildman–Crippen LogP) is 19.9. The van der Waals surface area contributed by atoms with E-state index in [1.165, 1.54) is 141 Å². The van der Waals surface area contributed by atoms with Crippen LogP contribution in [0.5, 0.6) is 0 Å². The maximum Gasteiger partial charge on any atom is 0.306 e. The van der Waals surface area contributed by atoms with E-state index >= 15 is 0 Å². The van der Waals surface area contributed by atoms with Gasteiger partial charge in [-0.15, -0.1) is 0 Å². The van der Waals surface area contributed by atoms with E-state index < -0.39 is 6.10 Å². The minimum Gasteiger partial charge on any atom is -0.462 e. The number of hydrogen-bond donors (Lipinski definition) is 0. The fourth-order valence-corrected chi connectivity index (χ4v) is 8.16. The zero-order valence-electron chi connectivity index (χ0n) is 46.0. The van der Waals surface area contributed by atoms with Crippen LogP contribution >= 0.6 is 0 Å². The Balaban J connectivity index is 4.36. The van der Waals surface area contributed by atoms with Crippen molar-refractivity contribution in [2.45, 2.75) is 290 Å². The monoisotopic (exact) mass is 975 g/mol. The summed E-state index contributed by atoms with van der Waals surface area (Å²) in [6.07, 6.45) is 75.7. The quantitative estimate of drug-likeness (QED) is 0.0261. The van der Waals surface area contributed by atoms with Crippen LogP contribution in [0.3, 0.4) is 0 Å². The Labute approximate surface area is 433 Å². The van der Waals surface area contributed by atoms with Crippen LogP contribution in [0.4, 0.5) is 0 Å². The van der Waals surface area contributed by atoms with Crippen LogP contribution in [0.15, 0.2) is 85.1 Å². The van der Waals surface area contributed by atoms with Gasteiger partial charge in [-0.2, -0.15) is 0 Å². The average molecular weight is 976 g/mol. The van der Waals surface area contributed by atoms with Crippen molar-refractivity contribution in [3.8, 4) is 0 Å². The van der Waals surface area contributed by atoms with Crippen LogP contribution in [-0.4, -0.2) is 37.2 Å². The van der Waals surface area contributed by atoms with Crippen molar-refractivity contribution < 1.29 is 28.6 Å². The molecule has 0 saturated heterocycles. The molecular weight excluding hydrogens is 865 g/mol. The molecule has 0 aromatic carbocycles. The van der Waals surface area contributed by atoms with Gasteiger partial charge < -0.3 is 14.2 Å². The minimum absolute atomic E-state index is 0.0846. The number of carbonyl (C=O) groups is 3. The van der Waals surface area contributed by atoms with Crippen molar-refractivity contribution >= 4 is 17.9 Å². The second-order valence-electron chi connectivity index (χ2n) is 19.5. The second-order valence-corrected chi connectivity index (χ2v) is 19.5. The van der Waals surface area contributed by atoms with Gasteiger partial charge >= 0.3 is 17.9 Å². The highest BCUT2D eigenvalue weighted by atomic mass is 16.6. The highest BCUT2D eigenvalue weighted by molar-refractivity contribution is 5.71. The van der Waals surface area contributed by atoms with Gasteiger partial charge in [-0.25, -0.2) is 0 Å². The third-order valence-corrected chi connectivity index (χ3v) is 12.6. The zero-order valence-corrected chi connectivity index (χ0v) is 46.0. The lowest BCUT2D eigenvalue weighted by Crippen LogP contribution is -2.30. The van der Waals surface area contributed by atoms with Gasteiger partial charge in [0, 0.05) is 19.3 Å². The van der Waals surface area contributed by atoms with Gasteiger partial charge in [0.25, 0.3) is 0 Å². The fraction of sp³-hybridized carbons (Fsp3) is 0.734. The lowest BCUT2D eigenvalue weighted by atomic mass is 10.1. The molecule has 0 rings (SSSR count).